The predicted molar refractivity (Wildman–Crippen MR) is 214 cm³/mol. The lowest BCUT2D eigenvalue weighted by Gasteiger charge is -2.22. The first kappa shape index (κ1) is 42.6. The molecule has 2 atom stereocenters. The number of amides is 2. The van der Waals surface area contributed by atoms with Crippen LogP contribution in [0, 0.1) is 0 Å². The first-order valence-electron chi connectivity index (χ1n) is 18.6. The number of benzene rings is 3. The molecule has 0 aliphatic heterocycles. The quantitative estimate of drug-likeness (QED) is 0.0758. The number of nitrogens with one attached hydrogen (secondary N) is 3. The molecule has 0 saturated heterocycles. The topological polar surface area (TPSA) is 177 Å². The van der Waals surface area contributed by atoms with Crippen LogP contribution in [-0.2, 0) is 42.8 Å². The summed E-state index contributed by atoms with van der Waals surface area (Å²) >= 11 is 0. The van der Waals surface area contributed by atoms with Crippen LogP contribution in [0.15, 0.2) is 85.2 Å². The average molecular weight is 772 g/mol. The van der Waals surface area contributed by atoms with E-state index in [0.717, 1.165) is 51.8 Å². The number of nitrogens with zero attached hydrogens (tertiary/aromatic N) is 2. The number of carboxylic acid groups (broad SMARTS) is 1. The number of ether oxygens (including phenoxy) is 1. The van der Waals surface area contributed by atoms with Crippen molar-refractivity contribution in [2.24, 2.45) is 0 Å². The summed E-state index contributed by atoms with van der Waals surface area (Å²) in [6.07, 6.45) is 9.69. The molecule has 2 unspecified atom stereocenters. The molecule has 13 heteroatoms. The van der Waals surface area contributed by atoms with Crippen molar-refractivity contribution < 1.29 is 32.6 Å². The summed E-state index contributed by atoms with van der Waals surface area (Å²) in [5, 5.41) is 15.4. The van der Waals surface area contributed by atoms with Crippen molar-refractivity contribution in [3.8, 4) is 28.3 Å². The molecule has 294 valence electrons. The van der Waals surface area contributed by atoms with Gasteiger partial charge in [0.25, 0.3) is 0 Å². The van der Waals surface area contributed by atoms with Gasteiger partial charge in [-0.05, 0) is 52.6 Å². The summed E-state index contributed by atoms with van der Waals surface area (Å²) < 4.78 is 30.6. The number of carbonyl (C=O) groups is 3. The first-order valence-corrected chi connectivity index (χ1v) is 20.5. The zero-order chi connectivity index (χ0) is 40.0. The maximum atomic E-state index is 13.6. The number of unbranched alkanes of at least 4 members (excludes halogenated alkanes) is 4. The van der Waals surface area contributed by atoms with Crippen LogP contribution in [0.5, 0.6) is 5.75 Å². The number of rotatable bonds is 20. The minimum Gasteiger partial charge on any atom is -0.494 e. The Morgan fingerprint density at radius 2 is 1.38 bits per heavy atom. The highest BCUT2D eigenvalue weighted by Gasteiger charge is 2.28. The standard InChI is InChI=1S/C42H53N5O7S/c1-6-7-8-9-10-23-54-35-21-17-31(18-22-35)33-27-44-39(45-28-33)32-15-11-29(12-16-32)24-36(43-26-30-13-19-34(20-14-30)42(2,3)4)40(49)46-37(41(50)51)25-38(48)47-55(5,52)53/h11-22,27-28,36-37,43H,6-10,23-26H2,1-5H3,(H,46,49)(H,47,48)(H,50,51). The van der Waals surface area contributed by atoms with Gasteiger partial charge in [0, 0.05) is 30.1 Å². The number of hydrogen-bond acceptors (Lipinski definition) is 9. The number of sulfonamides is 1. The summed E-state index contributed by atoms with van der Waals surface area (Å²) in [6.45, 7) is 9.58. The van der Waals surface area contributed by atoms with Crippen LogP contribution in [0.1, 0.15) is 82.9 Å². The average Bonchev–Trinajstić information content (AvgIpc) is 3.14. The molecule has 3 aromatic carbocycles. The fourth-order valence-electron chi connectivity index (χ4n) is 5.82. The third-order valence-electron chi connectivity index (χ3n) is 9.00. The molecular weight excluding hydrogens is 719 g/mol. The van der Waals surface area contributed by atoms with Crippen molar-refractivity contribution in [2.45, 2.75) is 96.7 Å². The lowest BCUT2D eigenvalue weighted by atomic mass is 9.87. The second-order valence-corrected chi connectivity index (χ2v) is 16.5. The van der Waals surface area contributed by atoms with Crippen LogP contribution in [-0.4, -0.2) is 66.2 Å². The smallest absolute Gasteiger partial charge is 0.326 e. The van der Waals surface area contributed by atoms with Crippen LogP contribution < -0.4 is 20.1 Å². The molecular formula is C42H53N5O7S. The number of aromatic nitrogens is 2. The van der Waals surface area contributed by atoms with E-state index in [9.17, 15) is 27.9 Å². The van der Waals surface area contributed by atoms with Crippen LogP contribution in [0.4, 0.5) is 0 Å². The molecule has 2 amide bonds. The Hall–Kier alpha value is -5.14. The van der Waals surface area contributed by atoms with Gasteiger partial charge in [0.2, 0.25) is 21.8 Å². The van der Waals surface area contributed by atoms with Crippen molar-refractivity contribution in [1.82, 2.24) is 25.3 Å². The Balaban J connectivity index is 1.43. The van der Waals surface area contributed by atoms with Crippen LogP contribution >= 0.6 is 0 Å². The second kappa shape index (κ2) is 20.0. The molecule has 1 heterocycles. The molecule has 0 fully saturated rings. The van der Waals surface area contributed by atoms with Crippen LogP contribution in [0.25, 0.3) is 22.5 Å². The highest BCUT2D eigenvalue weighted by Crippen LogP contribution is 2.25. The number of carbonyl (C=O) groups excluding carboxylic acids is 2. The van der Waals surface area contributed by atoms with Crippen LogP contribution in [0.3, 0.4) is 0 Å². The summed E-state index contributed by atoms with van der Waals surface area (Å²) in [4.78, 5) is 46.9. The molecule has 0 radical (unpaired) electrons. The van der Waals surface area contributed by atoms with E-state index in [1.807, 2.05) is 72.8 Å². The zero-order valence-corrected chi connectivity index (χ0v) is 33.1. The summed E-state index contributed by atoms with van der Waals surface area (Å²) in [7, 11) is -3.91. The second-order valence-electron chi connectivity index (χ2n) is 14.8. The molecule has 0 spiro atoms. The van der Waals surface area contributed by atoms with Crippen molar-refractivity contribution >= 4 is 27.8 Å². The minimum absolute atomic E-state index is 0.0302. The molecule has 0 aliphatic carbocycles. The van der Waals surface area contributed by atoms with E-state index in [1.165, 1.54) is 25.7 Å². The molecule has 4 N–H and O–H groups in total. The van der Waals surface area contributed by atoms with Crippen LogP contribution in [0.2, 0.25) is 0 Å². The van der Waals surface area contributed by atoms with Gasteiger partial charge in [0.15, 0.2) is 5.82 Å². The van der Waals surface area contributed by atoms with Gasteiger partial charge in [-0.2, -0.15) is 0 Å². The van der Waals surface area contributed by atoms with E-state index in [1.54, 1.807) is 17.1 Å². The summed E-state index contributed by atoms with van der Waals surface area (Å²) in [6, 6.07) is 20.8. The molecule has 0 bridgehead atoms. The van der Waals surface area contributed by atoms with E-state index in [0.29, 0.717) is 19.0 Å². The number of aliphatic carboxylic acids is 1. The van der Waals surface area contributed by atoms with E-state index in [-0.39, 0.29) is 11.8 Å². The monoisotopic (exact) mass is 771 g/mol. The van der Waals surface area contributed by atoms with Gasteiger partial charge < -0.3 is 20.5 Å². The fraction of sp³-hybridized carbons (Fsp3) is 0.405. The predicted octanol–water partition coefficient (Wildman–Crippen LogP) is 6.19. The van der Waals surface area contributed by atoms with Gasteiger partial charge in [-0.15, -0.1) is 0 Å². The molecule has 12 nitrogen and oxygen atoms in total. The largest absolute Gasteiger partial charge is 0.494 e. The summed E-state index contributed by atoms with van der Waals surface area (Å²) in [5.74, 6) is -1.81. The van der Waals surface area contributed by atoms with Crippen molar-refractivity contribution in [3.63, 3.8) is 0 Å². The first-order chi connectivity index (χ1) is 26.1. The Morgan fingerprint density at radius 3 is 1.96 bits per heavy atom. The molecule has 4 aromatic rings. The SMILES string of the molecule is CCCCCCCOc1ccc(-c2cnc(-c3ccc(CC(NCc4ccc(C(C)(C)C)cc4)C(=O)NC(CC(=O)NS(C)(=O)=O)C(=O)O)cc3)nc2)cc1. The molecule has 4 rings (SSSR count). The van der Waals surface area contributed by atoms with E-state index in [4.69, 9.17) is 4.74 Å². The highest BCUT2D eigenvalue weighted by atomic mass is 32.2. The molecule has 0 saturated carbocycles. The van der Waals surface area contributed by atoms with Crippen molar-refractivity contribution in [2.75, 3.05) is 12.9 Å². The Kier molecular flexibility index (Phi) is 15.5. The van der Waals surface area contributed by atoms with Crippen molar-refractivity contribution in [1.29, 1.82) is 0 Å². The Bertz CT molecular complexity index is 1960. The lowest BCUT2D eigenvalue weighted by molar-refractivity contribution is -0.143. The molecule has 55 heavy (non-hydrogen) atoms. The normalized spacial score (nSPS) is 12.7. The van der Waals surface area contributed by atoms with E-state index in [2.05, 4.69) is 48.3 Å². The third-order valence-corrected chi connectivity index (χ3v) is 9.60. The Morgan fingerprint density at radius 1 is 0.782 bits per heavy atom. The fourth-order valence-corrected chi connectivity index (χ4v) is 6.32. The van der Waals surface area contributed by atoms with Gasteiger partial charge >= 0.3 is 5.97 Å². The van der Waals surface area contributed by atoms with Gasteiger partial charge in [-0.25, -0.2) is 23.2 Å². The molecule has 0 aliphatic rings. The van der Waals surface area contributed by atoms with E-state index < -0.39 is 46.3 Å². The zero-order valence-electron chi connectivity index (χ0n) is 32.3. The van der Waals surface area contributed by atoms with Crippen molar-refractivity contribution in [3.05, 3.63) is 102 Å². The van der Waals surface area contributed by atoms with Gasteiger partial charge in [0.05, 0.1) is 25.3 Å². The maximum absolute atomic E-state index is 13.6. The molecule has 1 aromatic heterocycles. The van der Waals surface area contributed by atoms with E-state index >= 15 is 0 Å². The number of hydrogen-bond donors (Lipinski definition) is 4. The Labute approximate surface area is 324 Å². The summed E-state index contributed by atoms with van der Waals surface area (Å²) in [5.41, 5.74) is 5.44. The van der Waals surface area contributed by atoms with Gasteiger partial charge in [0.1, 0.15) is 11.8 Å². The highest BCUT2D eigenvalue weighted by molar-refractivity contribution is 7.89. The minimum atomic E-state index is -3.91. The van der Waals surface area contributed by atoms with Gasteiger partial charge in [-0.3, -0.25) is 14.3 Å². The maximum Gasteiger partial charge on any atom is 0.326 e. The third kappa shape index (κ3) is 14.2. The number of carboxylic acids is 1. The lowest BCUT2D eigenvalue weighted by Crippen LogP contribution is -2.52. The van der Waals surface area contributed by atoms with Gasteiger partial charge in [-0.1, -0.05) is 114 Å².